The number of aromatic nitrogens is 1. The molecule has 2 N–H and O–H groups in total. The molecule has 1 aromatic carbocycles. The highest BCUT2D eigenvalue weighted by Crippen LogP contribution is 2.04. The molecule has 1 heterocycles. The van der Waals surface area contributed by atoms with Gasteiger partial charge in [0.1, 0.15) is 6.04 Å². The molecule has 112 valence electrons. The Hall–Kier alpha value is -2.95. The van der Waals surface area contributed by atoms with Gasteiger partial charge >= 0.3 is 0 Å². The van der Waals surface area contributed by atoms with E-state index in [2.05, 4.69) is 15.6 Å². The molecular weight excluding hydrogens is 278 g/mol. The van der Waals surface area contributed by atoms with E-state index in [1.54, 1.807) is 37.5 Å². The third kappa shape index (κ3) is 4.86. The predicted octanol–water partition coefficient (Wildman–Crippen LogP) is 2.24. The van der Waals surface area contributed by atoms with Crippen molar-refractivity contribution >= 4 is 23.6 Å². The van der Waals surface area contributed by atoms with E-state index in [0.29, 0.717) is 5.69 Å². The van der Waals surface area contributed by atoms with Crippen LogP contribution in [0.5, 0.6) is 0 Å². The molecule has 0 saturated heterocycles. The molecular formula is C17H17N3O2. The third-order valence-corrected chi connectivity index (χ3v) is 2.93. The van der Waals surface area contributed by atoms with Crippen LogP contribution in [-0.4, -0.2) is 22.8 Å². The van der Waals surface area contributed by atoms with E-state index in [-0.39, 0.29) is 11.8 Å². The lowest BCUT2D eigenvalue weighted by Gasteiger charge is -2.12. The van der Waals surface area contributed by atoms with Crippen LogP contribution in [0.25, 0.3) is 6.08 Å². The van der Waals surface area contributed by atoms with E-state index in [9.17, 15) is 9.59 Å². The van der Waals surface area contributed by atoms with Crippen LogP contribution in [0.15, 0.2) is 60.9 Å². The monoisotopic (exact) mass is 295 g/mol. The molecule has 2 aromatic rings. The summed E-state index contributed by atoms with van der Waals surface area (Å²) >= 11 is 0. The quantitative estimate of drug-likeness (QED) is 0.831. The van der Waals surface area contributed by atoms with Gasteiger partial charge in [-0.3, -0.25) is 14.6 Å². The maximum Gasteiger partial charge on any atom is 0.246 e. The molecule has 0 fully saturated rings. The summed E-state index contributed by atoms with van der Waals surface area (Å²) in [4.78, 5) is 27.6. The molecule has 0 aliphatic heterocycles. The van der Waals surface area contributed by atoms with Gasteiger partial charge in [-0.05, 0) is 30.7 Å². The van der Waals surface area contributed by atoms with Gasteiger partial charge in [0.05, 0.1) is 0 Å². The lowest BCUT2D eigenvalue weighted by Crippen LogP contribution is -2.40. The molecule has 0 aliphatic carbocycles. The fourth-order valence-corrected chi connectivity index (χ4v) is 1.75. The van der Waals surface area contributed by atoms with Gasteiger partial charge in [-0.1, -0.05) is 30.3 Å². The van der Waals surface area contributed by atoms with E-state index in [1.807, 2.05) is 30.3 Å². The number of nitrogens with one attached hydrogen (secondary N) is 2. The standard InChI is InChI=1S/C17H17N3O2/c1-13(17(22)20-15-9-11-18-12-10-15)19-16(21)8-7-14-5-3-2-4-6-14/h2-13H,1H3,(H,19,21)(H,18,20,22)/b8-7+. The molecule has 5 heteroatoms. The Morgan fingerprint density at radius 3 is 2.45 bits per heavy atom. The summed E-state index contributed by atoms with van der Waals surface area (Å²) in [5.41, 5.74) is 1.56. The van der Waals surface area contributed by atoms with Crippen molar-refractivity contribution in [1.29, 1.82) is 0 Å². The fourth-order valence-electron chi connectivity index (χ4n) is 1.75. The third-order valence-electron chi connectivity index (χ3n) is 2.93. The van der Waals surface area contributed by atoms with Crippen LogP contribution in [0.1, 0.15) is 12.5 Å². The summed E-state index contributed by atoms with van der Waals surface area (Å²) in [7, 11) is 0. The van der Waals surface area contributed by atoms with Crippen molar-refractivity contribution in [2.75, 3.05) is 5.32 Å². The van der Waals surface area contributed by atoms with Crippen LogP contribution in [0.4, 0.5) is 5.69 Å². The number of carbonyl (C=O) groups excluding carboxylic acids is 2. The fraction of sp³-hybridized carbons (Fsp3) is 0.118. The first-order valence-corrected chi connectivity index (χ1v) is 6.89. The van der Waals surface area contributed by atoms with E-state index in [4.69, 9.17) is 0 Å². The first-order valence-electron chi connectivity index (χ1n) is 6.89. The van der Waals surface area contributed by atoms with Gasteiger partial charge in [-0.25, -0.2) is 0 Å². The van der Waals surface area contributed by atoms with Gasteiger partial charge < -0.3 is 10.6 Å². The first-order chi connectivity index (χ1) is 10.6. The van der Waals surface area contributed by atoms with Crippen molar-refractivity contribution in [1.82, 2.24) is 10.3 Å². The molecule has 0 bridgehead atoms. The lowest BCUT2D eigenvalue weighted by molar-refractivity contribution is -0.123. The minimum atomic E-state index is -0.638. The van der Waals surface area contributed by atoms with Crippen LogP contribution in [0, 0.1) is 0 Å². The van der Waals surface area contributed by atoms with Crippen LogP contribution < -0.4 is 10.6 Å². The van der Waals surface area contributed by atoms with Gasteiger partial charge in [0.15, 0.2) is 0 Å². The first kappa shape index (κ1) is 15.4. The highest BCUT2D eigenvalue weighted by atomic mass is 16.2. The van der Waals surface area contributed by atoms with Crippen molar-refractivity contribution in [2.45, 2.75) is 13.0 Å². The van der Waals surface area contributed by atoms with Crippen molar-refractivity contribution in [3.05, 3.63) is 66.5 Å². The molecule has 1 unspecified atom stereocenters. The second-order valence-corrected chi connectivity index (χ2v) is 4.70. The highest BCUT2D eigenvalue weighted by molar-refractivity contribution is 5.99. The minimum absolute atomic E-state index is 0.285. The van der Waals surface area contributed by atoms with Crippen LogP contribution >= 0.6 is 0 Å². The van der Waals surface area contributed by atoms with E-state index in [0.717, 1.165) is 5.56 Å². The van der Waals surface area contributed by atoms with Gasteiger partial charge in [0.2, 0.25) is 11.8 Å². The smallest absolute Gasteiger partial charge is 0.246 e. The molecule has 5 nitrogen and oxygen atoms in total. The Balaban J connectivity index is 1.85. The van der Waals surface area contributed by atoms with Crippen LogP contribution in [0.3, 0.4) is 0 Å². The van der Waals surface area contributed by atoms with Crippen LogP contribution in [-0.2, 0) is 9.59 Å². The molecule has 2 amide bonds. The topological polar surface area (TPSA) is 71.1 Å². The van der Waals surface area contributed by atoms with Gasteiger partial charge in [-0.15, -0.1) is 0 Å². The second-order valence-electron chi connectivity index (χ2n) is 4.70. The SMILES string of the molecule is CC(NC(=O)/C=C/c1ccccc1)C(=O)Nc1ccncc1. The molecule has 0 radical (unpaired) electrons. The molecule has 1 atom stereocenters. The molecule has 0 aliphatic rings. The molecule has 0 saturated carbocycles. The summed E-state index contributed by atoms with van der Waals surface area (Å²) in [6.45, 7) is 1.63. The van der Waals surface area contributed by atoms with Crippen molar-refractivity contribution in [2.24, 2.45) is 0 Å². The van der Waals surface area contributed by atoms with Crippen molar-refractivity contribution in [3.8, 4) is 0 Å². The van der Waals surface area contributed by atoms with Gasteiger partial charge in [-0.2, -0.15) is 0 Å². The number of carbonyl (C=O) groups is 2. The zero-order valence-corrected chi connectivity index (χ0v) is 12.2. The zero-order chi connectivity index (χ0) is 15.8. The Morgan fingerprint density at radius 1 is 1.09 bits per heavy atom. The summed E-state index contributed by atoms with van der Waals surface area (Å²) in [5, 5.41) is 5.32. The maximum absolute atomic E-state index is 12.0. The number of hydrogen-bond acceptors (Lipinski definition) is 3. The Bertz CT molecular complexity index is 654. The summed E-state index contributed by atoms with van der Waals surface area (Å²) in [5.74, 6) is -0.603. The Kier molecular flexibility index (Phi) is 5.43. The zero-order valence-electron chi connectivity index (χ0n) is 12.2. The Morgan fingerprint density at radius 2 is 1.77 bits per heavy atom. The second kappa shape index (κ2) is 7.73. The molecule has 22 heavy (non-hydrogen) atoms. The maximum atomic E-state index is 12.0. The number of hydrogen-bond donors (Lipinski definition) is 2. The normalized spacial score (nSPS) is 11.9. The summed E-state index contributed by atoms with van der Waals surface area (Å²) in [6.07, 6.45) is 6.28. The number of benzene rings is 1. The number of rotatable bonds is 5. The average molecular weight is 295 g/mol. The number of nitrogens with zero attached hydrogens (tertiary/aromatic N) is 1. The van der Waals surface area contributed by atoms with Crippen molar-refractivity contribution < 1.29 is 9.59 Å². The van der Waals surface area contributed by atoms with Gasteiger partial charge in [0, 0.05) is 24.2 Å². The van der Waals surface area contributed by atoms with Gasteiger partial charge in [0.25, 0.3) is 0 Å². The number of anilines is 1. The van der Waals surface area contributed by atoms with Crippen molar-refractivity contribution in [3.63, 3.8) is 0 Å². The molecule has 2 rings (SSSR count). The number of pyridine rings is 1. The predicted molar refractivity (Wildman–Crippen MR) is 85.9 cm³/mol. The van der Waals surface area contributed by atoms with Crippen LogP contribution in [0.2, 0.25) is 0 Å². The average Bonchev–Trinajstić information content (AvgIpc) is 2.55. The Labute approximate surface area is 129 Å². The van der Waals surface area contributed by atoms with E-state index in [1.165, 1.54) is 6.08 Å². The summed E-state index contributed by atoms with van der Waals surface area (Å²) < 4.78 is 0. The highest BCUT2D eigenvalue weighted by Gasteiger charge is 2.14. The molecule has 1 aromatic heterocycles. The number of amides is 2. The summed E-state index contributed by atoms with van der Waals surface area (Å²) in [6, 6.07) is 12.2. The minimum Gasteiger partial charge on any atom is -0.341 e. The van der Waals surface area contributed by atoms with E-state index >= 15 is 0 Å². The lowest BCUT2D eigenvalue weighted by atomic mass is 10.2. The largest absolute Gasteiger partial charge is 0.341 e. The molecule has 0 spiro atoms. The van der Waals surface area contributed by atoms with E-state index < -0.39 is 6.04 Å².